The fourth-order valence-corrected chi connectivity index (χ4v) is 1.93. The highest BCUT2D eigenvalue weighted by Gasteiger charge is 2.33. The third kappa shape index (κ3) is 2.07. The number of amides is 1. The second kappa shape index (κ2) is 4.36. The lowest BCUT2D eigenvalue weighted by molar-refractivity contribution is 0.106. The molecule has 1 atom stereocenters. The first-order chi connectivity index (χ1) is 7.22. The second-order valence-corrected chi connectivity index (χ2v) is 4.50. The maximum absolute atomic E-state index is 11.2. The number of carbonyl (C=O) groups excluding carboxylic acids is 1. The van der Waals surface area contributed by atoms with E-state index in [2.05, 4.69) is 22.6 Å². The molecule has 1 amide bonds. The summed E-state index contributed by atoms with van der Waals surface area (Å²) in [6.45, 7) is -0.00449. The minimum absolute atomic E-state index is 0.167. The molecule has 1 N–H and O–H groups in total. The number of hydrogen-bond donors (Lipinski definition) is 1. The van der Waals surface area contributed by atoms with E-state index in [1.165, 1.54) is 4.90 Å². The highest BCUT2D eigenvalue weighted by atomic mass is 127. The van der Waals surface area contributed by atoms with Crippen molar-refractivity contribution in [3.63, 3.8) is 0 Å². The Morgan fingerprint density at radius 1 is 1.47 bits per heavy atom. The van der Waals surface area contributed by atoms with E-state index >= 15 is 0 Å². The fraction of sp³-hybridized carbons (Fsp3) is 0.300. The second-order valence-electron chi connectivity index (χ2n) is 3.26. The molecule has 1 aliphatic rings. The summed E-state index contributed by atoms with van der Waals surface area (Å²) in [4.78, 5) is 12.5. The van der Waals surface area contributed by atoms with E-state index in [0.29, 0.717) is 6.61 Å². The molecule has 1 aromatic carbocycles. The van der Waals surface area contributed by atoms with Crippen LogP contribution in [-0.4, -0.2) is 29.4 Å². The van der Waals surface area contributed by atoms with Gasteiger partial charge in [-0.2, -0.15) is 0 Å². The van der Waals surface area contributed by atoms with Gasteiger partial charge in [0.1, 0.15) is 13.3 Å². The lowest BCUT2D eigenvalue weighted by Crippen LogP contribution is -2.28. The molecule has 0 spiro atoms. The Hall–Kier alpha value is -0.820. The van der Waals surface area contributed by atoms with Crippen molar-refractivity contribution < 1.29 is 14.6 Å². The molecule has 5 heteroatoms. The lowest BCUT2D eigenvalue weighted by Gasteiger charge is -2.18. The Morgan fingerprint density at radius 3 is 2.73 bits per heavy atom. The van der Waals surface area contributed by atoms with Crippen LogP contribution in [0.15, 0.2) is 24.3 Å². The first-order valence-electron chi connectivity index (χ1n) is 4.52. The zero-order valence-corrected chi connectivity index (χ0v) is 10.0. The average molecular weight is 319 g/mol. The number of nitrogens with zero attached hydrogens (tertiary/aromatic N) is 1. The Bertz CT molecular complexity index is 365. The molecule has 2 rings (SSSR count). The maximum Gasteiger partial charge on any atom is 0.412 e. The quantitative estimate of drug-likeness (QED) is 0.845. The molecule has 0 radical (unpaired) electrons. The van der Waals surface area contributed by atoms with Gasteiger partial charge in [-0.3, -0.25) is 4.90 Å². The van der Waals surface area contributed by atoms with E-state index in [4.69, 9.17) is 9.84 Å². The predicted octanol–water partition coefficient (Wildman–Crippen LogP) is 1.73. The summed E-state index contributed by atoms with van der Waals surface area (Å²) in [5, 5.41) is 9.05. The molecule has 0 saturated carbocycles. The van der Waals surface area contributed by atoms with Crippen LogP contribution in [0.25, 0.3) is 0 Å². The molecule has 1 aliphatic heterocycles. The van der Waals surface area contributed by atoms with Gasteiger partial charge in [0.05, 0.1) is 6.04 Å². The third-order valence-corrected chi connectivity index (χ3v) is 3.10. The zero-order chi connectivity index (χ0) is 10.8. The molecule has 1 unspecified atom stereocenters. The Kier molecular flexibility index (Phi) is 3.11. The number of rotatable bonds is 2. The molecule has 0 aliphatic carbocycles. The van der Waals surface area contributed by atoms with E-state index in [-0.39, 0.29) is 12.8 Å². The first kappa shape index (κ1) is 10.7. The fourth-order valence-electron chi connectivity index (χ4n) is 1.57. The van der Waals surface area contributed by atoms with Gasteiger partial charge in [-0.1, -0.05) is 12.1 Å². The molecular weight excluding hydrogens is 309 g/mol. The van der Waals surface area contributed by atoms with E-state index in [1.807, 2.05) is 24.3 Å². The maximum atomic E-state index is 11.2. The topological polar surface area (TPSA) is 49.8 Å². The number of benzene rings is 1. The molecule has 1 saturated heterocycles. The largest absolute Gasteiger partial charge is 0.447 e. The van der Waals surface area contributed by atoms with Crippen molar-refractivity contribution in [2.45, 2.75) is 6.04 Å². The summed E-state index contributed by atoms with van der Waals surface area (Å²) in [6, 6.07) is 7.65. The zero-order valence-electron chi connectivity index (χ0n) is 7.89. The van der Waals surface area contributed by atoms with Crippen molar-refractivity contribution in [2.75, 3.05) is 13.3 Å². The SMILES string of the molecule is O=C1OCC(c2ccc(I)cc2)N1CO. The monoisotopic (exact) mass is 319 g/mol. The molecule has 1 heterocycles. The van der Waals surface area contributed by atoms with Crippen molar-refractivity contribution in [3.05, 3.63) is 33.4 Å². The number of ether oxygens (including phenoxy) is 1. The van der Waals surface area contributed by atoms with Crippen LogP contribution in [0.5, 0.6) is 0 Å². The number of aliphatic hydroxyl groups is 1. The Morgan fingerprint density at radius 2 is 2.13 bits per heavy atom. The third-order valence-electron chi connectivity index (χ3n) is 2.38. The van der Waals surface area contributed by atoms with Gasteiger partial charge >= 0.3 is 6.09 Å². The Balaban J connectivity index is 2.23. The van der Waals surface area contributed by atoms with Crippen molar-refractivity contribution >= 4 is 28.7 Å². The number of carbonyl (C=O) groups is 1. The number of cyclic esters (lactones) is 1. The van der Waals surface area contributed by atoms with Crippen LogP contribution >= 0.6 is 22.6 Å². The van der Waals surface area contributed by atoms with E-state index < -0.39 is 6.09 Å². The van der Waals surface area contributed by atoms with Gasteiger partial charge < -0.3 is 9.84 Å². The van der Waals surface area contributed by atoms with Crippen molar-refractivity contribution in [3.8, 4) is 0 Å². The van der Waals surface area contributed by atoms with Gasteiger partial charge in [0.2, 0.25) is 0 Å². The summed E-state index contributed by atoms with van der Waals surface area (Å²) in [6.07, 6.45) is -0.457. The molecule has 0 bridgehead atoms. The average Bonchev–Trinajstić information content (AvgIpc) is 2.61. The summed E-state index contributed by atoms with van der Waals surface area (Å²) >= 11 is 2.22. The summed E-state index contributed by atoms with van der Waals surface area (Å²) < 4.78 is 6.01. The van der Waals surface area contributed by atoms with Gasteiger partial charge in [0.25, 0.3) is 0 Å². The highest BCUT2D eigenvalue weighted by Crippen LogP contribution is 2.27. The number of aliphatic hydroxyl groups excluding tert-OH is 1. The first-order valence-corrected chi connectivity index (χ1v) is 5.60. The van der Waals surface area contributed by atoms with Crippen molar-refractivity contribution in [1.82, 2.24) is 4.90 Å². The molecule has 4 nitrogen and oxygen atoms in total. The standard InChI is InChI=1S/C10H10INO3/c11-8-3-1-7(2-4-8)9-5-15-10(14)12(9)6-13/h1-4,9,13H,5-6H2. The van der Waals surface area contributed by atoms with Crippen LogP contribution in [-0.2, 0) is 4.74 Å². The van der Waals surface area contributed by atoms with Crippen LogP contribution in [0.4, 0.5) is 4.79 Å². The van der Waals surface area contributed by atoms with E-state index in [9.17, 15) is 4.79 Å². The van der Waals surface area contributed by atoms with Crippen molar-refractivity contribution in [1.29, 1.82) is 0 Å². The van der Waals surface area contributed by atoms with E-state index in [0.717, 1.165) is 9.13 Å². The van der Waals surface area contributed by atoms with Gasteiger partial charge in [-0.25, -0.2) is 4.79 Å². The van der Waals surface area contributed by atoms with Gasteiger partial charge in [0, 0.05) is 3.57 Å². The molecular formula is C10H10INO3. The van der Waals surface area contributed by atoms with Gasteiger partial charge in [-0.15, -0.1) is 0 Å². The minimum atomic E-state index is -0.457. The van der Waals surface area contributed by atoms with Gasteiger partial charge in [0.15, 0.2) is 0 Å². The molecule has 80 valence electrons. The number of halogens is 1. The Labute approximate surface area is 101 Å². The van der Waals surface area contributed by atoms with Crippen LogP contribution in [0.2, 0.25) is 0 Å². The van der Waals surface area contributed by atoms with Crippen LogP contribution < -0.4 is 0 Å². The van der Waals surface area contributed by atoms with Crippen LogP contribution in [0.3, 0.4) is 0 Å². The molecule has 0 aromatic heterocycles. The normalized spacial score (nSPS) is 20.5. The summed E-state index contributed by atoms with van der Waals surface area (Å²) in [5.74, 6) is 0. The summed E-state index contributed by atoms with van der Waals surface area (Å²) in [5.41, 5.74) is 0.982. The smallest absolute Gasteiger partial charge is 0.412 e. The molecule has 1 aromatic rings. The predicted molar refractivity (Wildman–Crippen MR) is 62.2 cm³/mol. The van der Waals surface area contributed by atoms with E-state index in [1.54, 1.807) is 0 Å². The molecule has 15 heavy (non-hydrogen) atoms. The minimum Gasteiger partial charge on any atom is -0.447 e. The summed E-state index contributed by atoms with van der Waals surface area (Å²) in [7, 11) is 0. The van der Waals surface area contributed by atoms with Gasteiger partial charge in [-0.05, 0) is 40.3 Å². The van der Waals surface area contributed by atoms with Crippen molar-refractivity contribution in [2.24, 2.45) is 0 Å². The van der Waals surface area contributed by atoms with Crippen LogP contribution in [0, 0.1) is 3.57 Å². The molecule has 1 fully saturated rings. The highest BCUT2D eigenvalue weighted by molar-refractivity contribution is 14.1. The lowest BCUT2D eigenvalue weighted by atomic mass is 10.1. The number of hydrogen-bond acceptors (Lipinski definition) is 3. The van der Waals surface area contributed by atoms with Crippen LogP contribution in [0.1, 0.15) is 11.6 Å².